The lowest BCUT2D eigenvalue weighted by molar-refractivity contribution is -0.131. The summed E-state index contributed by atoms with van der Waals surface area (Å²) in [5.41, 5.74) is 6.49. The number of nitrogens with two attached hydrogens (primary N) is 1. The number of carbonyl (C=O) groups excluding carboxylic acids is 1. The summed E-state index contributed by atoms with van der Waals surface area (Å²) < 4.78 is 17.0. The molecule has 0 spiro atoms. The highest BCUT2D eigenvalue weighted by molar-refractivity contribution is 5.69. The maximum Gasteiger partial charge on any atom is 0.308 e. The van der Waals surface area contributed by atoms with E-state index in [4.69, 9.17) is 10.5 Å². The summed E-state index contributed by atoms with van der Waals surface area (Å²) in [6, 6.07) is 6.47. The number of alkyl halides is 1. The number of hydrogen-bond acceptors (Lipinski definition) is 3. The molecule has 1 aromatic carbocycles. The SMILES string of the molecule is CC(=O)Oc1cccc([C@H](N)CCF)c1. The Kier molecular flexibility index (Phi) is 4.24. The third-order valence-electron chi connectivity index (χ3n) is 1.97. The largest absolute Gasteiger partial charge is 0.427 e. The quantitative estimate of drug-likeness (QED) is 0.612. The van der Waals surface area contributed by atoms with Crippen molar-refractivity contribution in [3.63, 3.8) is 0 Å². The number of benzene rings is 1. The van der Waals surface area contributed by atoms with Crippen molar-refractivity contribution < 1.29 is 13.9 Å². The second kappa shape index (κ2) is 5.46. The number of hydrogen-bond donors (Lipinski definition) is 1. The maximum atomic E-state index is 12.1. The van der Waals surface area contributed by atoms with Crippen molar-refractivity contribution >= 4 is 5.97 Å². The van der Waals surface area contributed by atoms with Crippen LogP contribution in [0.25, 0.3) is 0 Å². The summed E-state index contributed by atoms with van der Waals surface area (Å²) in [5.74, 6) is 0.0560. The van der Waals surface area contributed by atoms with Crippen LogP contribution in [0.3, 0.4) is 0 Å². The highest BCUT2D eigenvalue weighted by Gasteiger charge is 2.07. The van der Waals surface area contributed by atoms with Crippen LogP contribution >= 0.6 is 0 Å². The molecule has 0 amide bonds. The molecule has 0 saturated heterocycles. The van der Waals surface area contributed by atoms with E-state index in [9.17, 15) is 9.18 Å². The first kappa shape index (κ1) is 11.7. The van der Waals surface area contributed by atoms with Crippen LogP contribution in [0.2, 0.25) is 0 Å². The first-order valence-corrected chi connectivity index (χ1v) is 4.73. The molecule has 0 bridgehead atoms. The van der Waals surface area contributed by atoms with Crippen LogP contribution in [-0.4, -0.2) is 12.6 Å². The molecule has 1 aromatic rings. The predicted octanol–water partition coefficient (Wildman–Crippen LogP) is 1.97. The Morgan fingerprint density at radius 2 is 2.33 bits per heavy atom. The van der Waals surface area contributed by atoms with E-state index in [2.05, 4.69) is 0 Å². The average molecular weight is 211 g/mol. The summed E-state index contributed by atoms with van der Waals surface area (Å²) in [7, 11) is 0. The van der Waals surface area contributed by atoms with Crippen LogP contribution in [0.4, 0.5) is 4.39 Å². The molecule has 15 heavy (non-hydrogen) atoms. The van der Waals surface area contributed by atoms with Crippen molar-refractivity contribution in [3.8, 4) is 5.75 Å². The van der Waals surface area contributed by atoms with Crippen LogP contribution in [0.5, 0.6) is 5.75 Å². The lowest BCUT2D eigenvalue weighted by atomic mass is 10.1. The first-order chi connectivity index (χ1) is 7.13. The van der Waals surface area contributed by atoms with E-state index < -0.39 is 6.67 Å². The summed E-state index contributed by atoms with van der Waals surface area (Å²) in [6.45, 7) is 0.868. The molecule has 0 heterocycles. The molecule has 0 unspecified atom stereocenters. The van der Waals surface area contributed by atoms with Gasteiger partial charge in [0.2, 0.25) is 0 Å². The van der Waals surface area contributed by atoms with Gasteiger partial charge < -0.3 is 10.5 Å². The van der Waals surface area contributed by atoms with Gasteiger partial charge in [-0.05, 0) is 24.1 Å². The minimum absolute atomic E-state index is 0.267. The summed E-state index contributed by atoms with van der Waals surface area (Å²) in [5, 5.41) is 0. The van der Waals surface area contributed by atoms with Crippen LogP contribution < -0.4 is 10.5 Å². The molecule has 0 saturated carbocycles. The second-order valence-corrected chi connectivity index (χ2v) is 3.25. The Hall–Kier alpha value is -1.42. The predicted molar refractivity (Wildman–Crippen MR) is 55.3 cm³/mol. The minimum atomic E-state index is -0.459. The number of rotatable bonds is 4. The third-order valence-corrected chi connectivity index (χ3v) is 1.97. The Labute approximate surface area is 88.0 Å². The zero-order valence-corrected chi connectivity index (χ0v) is 8.57. The van der Waals surface area contributed by atoms with Gasteiger partial charge in [-0.3, -0.25) is 9.18 Å². The molecule has 1 rings (SSSR count). The Morgan fingerprint density at radius 3 is 2.93 bits per heavy atom. The number of carbonyl (C=O) groups is 1. The van der Waals surface area contributed by atoms with Crippen molar-refractivity contribution in [2.75, 3.05) is 6.67 Å². The summed E-state index contributed by atoms with van der Waals surface area (Å²) >= 11 is 0. The Balaban J connectivity index is 2.77. The molecule has 0 aromatic heterocycles. The normalized spacial score (nSPS) is 12.2. The molecule has 0 aliphatic heterocycles. The first-order valence-electron chi connectivity index (χ1n) is 4.73. The van der Waals surface area contributed by atoms with Crippen LogP contribution in [0.1, 0.15) is 24.9 Å². The van der Waals surface area contributed by atoms with Crippen molar-refractivity contribution in [3.05, 3.63) is 29.8 Å². The van der Waals surface area contributed by atoms with Gasteiger partial charge in [-0.2, -0.15) is 0 Å². The maximum absolute atomic E-state index is 12.1. The summed E-state index contributed by atoms with van der Waals surface area (Å²) in [6.07, 6.45) is 0.267. The van der Waals surface area contributed by atoms with Gasteiger partial charge in [0.1, 0.15) is 5.75 Å². The fraction of sp³-hybridized carbons (Fsp3) is 0.364. The fourth-order valence-electron chi connectivity index (χ4n) is 1.26. The third kappa shape index (κ3) is 3.67. The highest BCUT2D eigenvalue weighted by atomic mass is 19.1. The molecule has 0 fully saturated rings. The van der Waals surface area contributed by atoms with Gasteiger partial charge >= 0.3 is 5.97 Å². The standard InChI is InChI=1S/C11H14FNO2/c1-8(14)15-10-4-2-3-9(7-10)11(13)5-6-12/h2-4,7,11H,5-6,13H2,1H3/t11-/m1/s1. The zero-order valence-electron chi connectivity index (χ0n) is 8.57. The van der Waals surface area contributed by atoms with Crippen LogP contribution in [0.15, 0.2) is 24.3 Å². The molecule has 4 heteroatoms. The van der Waals surface area contributed by atoms with E-state index in [1.54, 1.807) is 24.3 Å². The van der Waals surface area contributed by atoms with E-state index in [1.165, 1.54) is 6.92 Å². The number of ether oxygens (including phenoxy) is 1. The Bertz CT molecular complexity index is 341. The van der Waals surface area contributed by atoms with Crippen molar-refractivity contribution in [2.45, 2.75) is 19.4 Å². The molecule has 0 aliphatic carbocycles. The van der Waals surface area contributed by atoms with Gasteiger partial charge in [0, 0.05) is 13.0 Å². The van der Waals surface area contributed by atoms with E-state index >= 15 is 0 Å². The average Bonchev–Trinajstić information content (AvgIpc) is 2.17. The minimum Gasteiger partial charge on any atom is -0.427 e. The van der Waals surface area contributed by atoms with Gasteiger partial charge in [-0.1, -0.05) is 12.1 Å². The zero-order chi connectivity index (χ0) is 11.3. The van der Waals surface area contributed by atoms with E-state index in [0.717, 1.165) is 5.56 Å². The molecular weight excluding hydrogens is 197 g/mol. The molecule has 0 aliphatic rings. The molecule has 2 N–H and O–H groups in total. The topological polar surface area (TPSA) is 52.3 Å². The lowest BCUT2D eigenvalue weighted by Crippen LogP contribution is -2.11. The van der Waals surface area contributed by atoms with Crippen molar-refractivity contribution in [1.82, 2.24) is 0 Å². The van der Waals surface area contributed by atoms with Gasteiger partial charge in [-0.25, -0.2) is 0 Å². The summed E-state index contributed by atoms with van der Waals surface area (Å²) in [4.78, 5) is 10.7. The number of halogens is 1. The molecular formula is C11H14FNO2. The van der Waals surface area contributed by atoms with Gasteiger partial charge in [-0.15, -0.1) is 0 Å². The molecule has 3 nitrogen and oxygen atoms in total. The molecule has 1 atom stereocenters. The van der Waals surface area contributed by atoms with Gasteiger partial charge in [0.05, 0.1) is 6.67 Å². The number of esters is 1. The smallest absolute Gasteiger partial charge is 0.308 e. The highest BCUT2D eigenvalue weighted by Crippen LogP contribution is 2.20. The molecule has 82 valence electrons. The lowest BCUT2D eigenvalue weighted by Gasteiger charge is -2.10. The van der Waals surface area contributed by atoms with E-state index in [0.29, 0.717) is 5.75 Å². The van der Waals surface area contributed by atoms with Crippen LogP contribution in [-0.2, 0) is 4.79 Å². The van der Waals surface area contributed by atoms with Gasteiger partial charge in [0.25, 0.3) is 0 Å². The van der Waals surface area contributed by atoms with E-state index in [-0.39, 0.29) is 18.4 Å². The fourth-order valence-corrected chi connectivity index (χ4v) is 1.26. The van der Waals surface area contributed by atoms with Crippen molar-refractivity contribution in [1.29, 1.82) is 0 Å². The monoisotopic (exact) mass is 211 g/mol. The Morgan fingerprint density at radius 1 is 1.60 bits per heavy atom. The van der Waals surface area contributed by atoms with Crippen LogP contribution in [0, 0.1) is 0 Å². The second-order valence-electron chi connectivity index (χ2n) is 3.25. The molecule has 0 radical (unpaired) electrons. The van der Waals surface area contributed by atoms with Gasteiger partial charge in [0.15, 0.2) is 0 Å². The van der Waals surface area contributed by atoms with E-state index in [1.807, 2.05) is 0 Å². The van der Waals surface area contributed by atoms with Crippen molar-refractivity contribution in [2.24, 2.45) is 5.73 Å².